The largest absolute Gasteiger partial charge is 0.481 e. The van der Waals surface area contributed by atoms with Crippen LogP contribution >= 0.6 is 0 Å². The van der Waals surface area contributed by atoms with Crippen molar-refractivity contribution >= 4 is 5.95 Å². The number of rotatable bonds is 3. The van der Waals surface area contributed by atoms with Crippen molar-refractivity contribution < 1.29 is 4.74 Å². The Morgan fingerprint density at radius 3 is 2.93 bits per heavy atom. The van der Waals surface area contributed by atoms with E-state index >= 15 is 0 Å². The lowest BCUT2D eigenvalue weighted by Crippen LogP contribution is -2.05. The number of anilines is 1. The van der Waals surface area contributed by atoms with Gasteiger partial charge in [-0.3, -0.25) is 0 Å². The van der Waals surface area contributed by atoms with Gasteiger partial charge in [-0.25, -0.2) is 4.98 Å². The molecule has 0 atom stereocenters. The van der Waals surface area contributed by atoms with Crippen LogP contribution in [0.3, 0.4) is 0 Å². The molecule has 0 unspecified atom stereocenters. The summed E-state index contributed by atoms with van der Waals surface area (Å²) in [4.78, 5) is 8.30. The van der Waals surface area contributed by atoms with Gasteiger partial charge in [0.05, 0.1) is 13.7 Å². The first kappa shape index (κ1) is 10.3. The summed E-state index contributed by atoms with van der Waals surface area (Å²) >= 11 is 0. The molecule has 14 heavy (non-hydrogen) atoms. The van der Waals surface area contributed by atoms with E-state index < -0.39 is 0 Å². The van der Waals surface area contributed by atoms with E-state index in [-0.39, 0.29) is 0 Å². The average molecular weight is 191 g/mol. The Balaban J connectivity index is 2.74. The van der Waals surface area contributed by atoms with Gasteiger partial charge in [0.15, 0.2) is 0 Å². The monoisotopic (exact) mass is 191 g/mol. The van der Waals surface area contributed by atoms with E-state index in [0.717, 1.165) is 5.69 Å². The van der Waals surface area contributed by atoms with Crippen LogP contribution in [-0.4, -0.2) is 23.6 Å². The third kappa shape index (κ3) is 2.94. The van der Waals surface area contributed by atoms with Crippen molar-refractivity contribution in [2.45, 2.75) is 13.8 Å². The fraction of sp³-hybridized carbons (Fsp3) is 0.400. The summed E-state index contributed by atoms with van der Waals surface area (Å²) in [6, 6.07) is 1.77. The van der Waals surface area contributed by atoms with E-state index in [0.29, 0.717) is 18.4 Å². The summed E-state index contributed by atoms with van der Waals surface area (Å²) in [5.74, 6) is 6.76. The van der Waals surface area contributed by atoms with E-state index in [9.17, 15) is 0 Å². The van der Waals surface area contributed by atoms with Gasteiger partial charge in [0.2, 0.25) is 11.8 Å². The number of methoxy groups -OCH3 is 1. The molecule has 0 aliphatic rings. The molecule has 0 saturated heterocycles. The van der Waals surface area contributed by atoms with Gasteiger partial charge in [-0.15, -0.1) is 5.92 Å². The Bertz CT molecular complexity index is 365. The topological polar surface area (TPSA) is 47.0 Å². The molecule has 0 aromatic carbocycles. The zero-order chi connectivity index (χ0) is 10.4. The molecule has 0 saturated carbocycles. The highest BCUT2D eigenvalue weighted by atomic mass is 16.5. The van der Waals surface area contributed by atoms with Crippen molar-refractivity contribution in [1.29, 1.82) is 0 Å². The maximum atomic E-state index is 5.01. The summed E-state index contributed by atoms with van der Waals surface area (Å²) in [7, 11) is 1.58. The maximum Gasteiger partial charge on any atom is 0.226 e. The minimum Gasteiger partial charge on any atom is -0.481 e. The summed E-state index contributed by atoms with van der Waals surface area (Å²) in [5.41, 5.74) is 0.865. The number of hydrogen-bond donors (Lipinski definition) is 1. The van der Waals surface area contributed by atoms with Crippen molar-refractivity contribution in [1.82, 2.24) is 9.97 Å². The zero-order valence-corrected chi connectivity index (χ0v) is 8.59. The van der Waals surface area contributed by atoms with Gasteiger partial charge in [-0.1, -0.05) is 5.92 Å². The average Bonchev–Trinajstić information content (AvgIpc) is 2.17. The third-order valence-electron chi connectivity index (χ3n) is 1.55. The van der Waals surface area contributed by atoms with Crippen LogP contribution in [0.4, 0.5) is 5.95 Å². The highest BCUT2D eigenvalue weighted by molar-refractivity contribution is 5.32. The van der Waals surface area contributed by atoms with Crippen LogP contribution in [-0.2, 0) is 0 Å². The van der Waals surface area contributed by atoms with E-state index in [1.165, 1.54) is 0 Å². The molecule has 1 heterocycles. The molecule has 0 aliphatic heterocycles. The van der Waals surface area contributed by atoms with Crippen LogP contribution in [0.1, 0.15) is 12.6 Å². The first-order valence-corrected chi connectivity index (χ1v) is 4.29. The predicted molar refractivity (Wildman–Crippen MR) is 55.3 cm³/mol. The smallest absolute Gasteiger partial charge is 0.226 e. The number of nitrogens with one attached hydrogen (secondary N) is 1. The molecule has 1 rings (SSSR count). The first-order valence-electron chi connectivity index (χ1n) is 4.29. The van der Waals surface area contributed by atoms with E-state index in [2.05, 4.69) is 27.1 Å². The molecule has 0 radical (unpaired) electrons. The lowest BCUT2D eigenvalue weighted by atomic mass is 10.4. The second-order valence-electron chi connectivity index (χ2n) is 2.66. The van der Waals surface area contributed by atoms with Crippen molar-refractivity contribution in [3.05, 3.63) is 11.8 Å². The number of nitrogens with zero attached hydrogens (tertiary/aromatic N) is 2. The number of hydrogen-bond acceptors (Lipinski definition) is 4. The fourth-order valence-corrected chi connectivity index (χ4v) is 0.935. The Kier molecular flexibility index (Phi) is 3.74. The molecule has 0 fully saturated rings. The van der Waals surface area contributed by atoms with E-state index in [4.69, 9.17) is 4.74 Å². The van der Waals surface area contributed by atoms with Gasteiger partial charge in [0, 0.05) is 11.8 Å². The van der Waals surface area contributed by atoms with Crippen LogP contribution in [0.15, 0.2) is 6.07 Å². The SMILES string of the molecule is CC#CCNc1nc(C)cc(OC)n1. The number of aryl methyl sites for hydroxylation is 1. The maximum absolute atomic E-state index is 5.01. The Hall–Kier alpha value is -1.76. The van der Waals surface area contributed by atoms with E-state index in [1.54, 1.807) is 20.1 Å². The van der Waals surface area contributed by atoms with E-state index in [1.807, 2.05) is 6.92 Å². The lowest BCUT2D eigenvalue weighted by Gasteiger charge is -2.04. The standard InChI is InChI=1S/C10H13N3O/c1-4-5-6-11-10-12-8(2)7-9(13-10)14-3/h7H,6H2,1-3H3,(H,11,12,13). The molecule has 1 aromatic heterocycles. The molecule has 4 nitrogen and oxygen atoms in total. The first-order chi connectivity index (χ1) is 6.76. The summed E-state index contributed by atoms with van der Waals surface area (Å²) in [6.45, 7) is 4.23. The summed E-state index contributed by atoms with van der Waals surface area (Å²) in [5, 5.41) is 2.99. The molecule has 1 aromatic rings. The highest BCUT2D eigenvalue weighted by Gasteiger charge is 1.99. The van der Waals surface area contributed by atoms with Crippen molar-refractivity contribution in [2.75, 3.05) is 19.0 Å². The van der Waals surface area contributed by atoms with Gasteiger partial charge in [-0.05, 0) is 13.8 Å². The van der Waals surface area contributed by atoms with Crippen LogP contribution in [0.25, 0.3) is 0 Å². The van der Waals surface area contributed by atoms with Crippen molar-refractivity contribution in [3.63, 3.8) is 0 Å². The normalized spacial score (nSPS) is 8.79. The van der Waals surface area contributed by atoms with Crippen molar-refractivity contribution in [3.8, 4) is 17.7 Å². The Morgan fingerprint density at radius 1 is 1.50 bits per heavy atom. The third-order valence-corrected chi connectivity index (χ3v) is 1.55. The molecular formula is C10H13N3O. The second-order valence-corrected chi connectivity index (χ2v) is 2.66. The van der Waals surface area contributed by atoms with Gasteiger partial charge >= 0.3 is 0 Å². The van der Waals surface area contributed by atoms with Gasteiger partial charge in [0.25, 0.3) is 0 Å². The lowest BCUT2D eigenvalue weighted by molar-refractivity contribution is 0.397. The van der Waals surface area contributed by atoms with Gasteiger partial charge < -0.3 is 10.1 Å². The van der Waals surface area contributed by atoms with Crippen molar-refractivity contribution in [2.24, 2.45) is 0 Å². The highest BCUT2D eigenvalue weighted by Crippen LogP contribution is 2.10. The quantitative estimate of drug-likeness (QED) is 0.730. The predicted octanol–water partition coefficient (Wildman–Crippen LogP) is 1.23. The number of ether oxygens (including phenoxy) is 1. The van der Waals surface area contributed by atoms with Crippen LogP contribution in [0.2, 0.25) is 0 Å². The Morgan fingerprint density at radius 2 is 2.29 bits per heavy atom. The van der Waals surface area contributed by atoms with Crippen LogP contribution in [0.5, 0.6) is 5.88 Å². The molecule has 0 bridgehead atoms. The molecule has 1 N–H and O–H groups in total. The summed E-state index contributed by atoms with van der Waals surface area (Å²) in [6.07, 6.45) is 0. The minimum atomic E-state index is 0.545. The minimum absolute atomic E-state index is 0.545. The Labute approximate surface area is 83.7 Å². The molecule has 0 spiro atoms. The van der Waals surface area contributed by atoms with Gasteiger partial charge in [-0.2, -0.15) is 4.98 Å². The molecule has 0 amide bonds. The van der Waals surface area contributed by atoms with Gasteiger partial charge in [0.1, 0.15) is 0 Å². The molecule has 4 heteroatoms. The number of aromatic nitrogens is 2. The summed E-state index contributed by atoms with van der Waals surface area (Å²) < 4.78 is 5.01. The van der Waals surface area contributed by atoms with Crippen LogP contribution in [0, 0.1) is 18.8 Å². The van der Waals surface area contributed by atoms with Crippen LogP contribution < -0.4 is 10.1 Å². The molecule has 0 aliphatic carbocycles. The second kappa shape index (κ2) is 5.07. The zero-order valence-electron chi connectivity index (χ0n) is 8.59. The fourth-order valence-electron chi connectivity index (χ4n) is 0.935. The molecular weight excluding hydrogens is 178 g/mol. The molecule has 74 valence electrons.